The standard InChI is InChI=1S/C24H25N3O2/c1-2-15-27(17-20-5-3-19(16-25)4-6-20)23(28)14-9-18-7-10-21(11-8-18)24(29)26-22-12-13-22/h3-11,14,22H,2,12-13,15,17H2,1H3,(H,26,29)/b14-9+. The van der Waals surface area contributed by atoms with Crippen LogP contribution in [-0.4, -0.2) is 29.3 Å². The van der Waals surface area contributed by atoms with Gasteiger partial charge in [-0.25, -0.2) is 0 Å². The molecular formula is C24H25N3O2. The van der Waals surface area contributed by atoms with E-state index in [0.717, 1.165) is 30.4 Å². The number of hydrogen-bond donors (Lipinski definition) is 1. The third-order valence-corrected chi connectivity index (χ3v) is 4.77. The molecule has 1 saturated carbocycles. The number of carbonyl (C=O) groups is 2. The molecule has 0 heterocycles. The van der Waals surface area contributed by atoms with Crippen molar-refractivity contribution in [3.05, 3.63) is 76.9 Å². The van der Waals surface area contributed by atoms with Crippen LogP contribution < -0.4 is 5.32 Å². The molecule has 2 aromatic rings. The predicted octanol–water partition coefficient (Wildman–Crippen LogP) is 3.90. The fourth-order valence-corrected chi connectivity index (χ4v) is 2.96. The highest BCUT2D eigenvalue weighted by Crippen LogP contribution is 2.19. The van der Waals surface area contributed by atoms with Crippen LogP contribution >= 0.6 is 0 Å². The van der Waals surface area contributed by atoms with Gasteiger partial charge in [-0.05, 0) is 60.7 Å². The van der Waals surface area contributed by atoms with Crippen molar-refractivity contribution >= 4 is 17.9 Å². The minimum absolute atomic E-state index is 0.0457. The van der Waals surface area contributed by atoms with Gasteiger partial charge in [0, 0.05) is 30.8 Å². The topological polar surface area (TPSA) is 73.2 Å². The molecule has 29 heavy (non-hydrogen) atoms. The van der Waals surface area contributed by atoms with E-state index in [9.17, 15) is 9.59 Å². The maximum absolute atomic E-state index is 12.7. The average molecular weight is 387 g/mol. The molecule has 0 saturated heterocycles. The van der Waals surface area contributed by atoms with E-state index in [4.69, 9.17) is 5.26 Å². The number of benzene rings is 2. The Balaban J connectivity index is 1.61. The first kappa shape index (κ1) is 20.3. The first-order chi connectivity index (χ1) is 14.1. The smallest absolute Gasteiger partial charge is 0.251 e. The molecule has 2 aromatic carbocycles. The van der Waals surface area contributed by atoms with Gasteiger partial charge in [0.1, 0.15) is 0 Å². The summed E-state index contributed by atoms with van der Waals surface area (Å²) in [6, 6.07) is 17.0. The van der Waals surface area contributed by atoms with E-state index < -0.39 is 0 Å². The van der Waals surface area contributed by atoms with Crippen LogP contribution in [0.4, 0.5) is 0 Å². The Bertz CT molecular complexity index is 920. The van der Waals surface area contributed by atoms with Crippen molar-refractivity contribution in [3.63, 3.8) is 0 Å². The van der Waals surface area contributed by atoms with Crippen molar-refractivity contribution in [2.45, 2.75) is 38.8 Å². The van der Waals surface area contributed by atoms with Gasteiger partial charge in [-0.3, -0.25) is 9.59 Å². The zero-order valence-electron chi connectivity index (χ0n) is 16.6. The van der Waals surface area contributed by atoms with Crippen LogP contribution in [0.25, 0.3) is 6.08 Å². The molecule has 0 unspecified atom stereocenters. The Morgan fingerprint density at radius 1 is 1.14 bits per heavy atom. The summed E-state index contributed by atoms with van der Waals surface area (Å²) in [6.45, 7) is 3.20. The summed E-state index contributed by atoms with van der Waals surface area (Å²) in [7, 11) is 0. The van der Waals surface area contributed by atoms with Crippen LogP contribution in [0.3, 0.4) is 0 Å². The van der Waals surface area contributed by atoms with E-state index in [2.05, 4.69) is 11.4 Å². The molecule has 5 nitrogen and oxygen atoms in total. The van der Waals surface area contributed by atoms with Gasteiger partial charge in [0.05, 0.1) is 11.6 Å². The average Bonchev–Trinajstić information content (AvgIpc) is 3.56. The lowest BCUT2D eigenvalue weighted by Gasteiger charge is -2.20. The highest BCUT2D eigenvalue weighted by Gasteiger charge is 2.23. The summed E-state index contributed by atoms with van der Waals surface area (Å²) >= 11 is 0. The molecular weight excluding hydrogens is 362 g/mol. The third kappa shape index (κ3) is 6.05. The minimum Gasteiger partial charge on any atom is -0.349 e. The van der Waals surface area contributed by atoms with E-state index in [1.165, 1.54) is 0 Å². The summed E-state index contributed by atoms with van der Waals surface area (Å²) in [6.07, 6.45) is 6.32. The first-order valence-electron chi connectivity index (χ1n) is 9.96. The second kappa shape index (κ2) is 9.70. The lowest BCUT2D eigenvalue weighted by atomic mass is 10.1. The van der Waals surface area contributed by atoms with Gasteiger partial charge in [-0.1, -0.05) is 31.2 Å². The summed E-state index contributed by atoms with van der Waals surface area (Å²) < 4.78 is 0. The molecule has 3 rings (SSSR count). The Morgan fingerprint density at radius 3 is 2.41 bits per heavy atom. The molecule has 1 fully saturated rings. The van der Waals surface area contributed by atoms with E-state index in [-0.39, 0.29) is 11.8 Å². The number of amides is 2. The summed E-state index contributed by atoms with van der Waals surface area (Å²) in [5.74, 6) is -0.109. The molecule has 1 aliphatic rings. The van der Waals surface area contributed by atoms with Crippen molar-refractivity contribution in [1.29, 1.82) is 5.26 Å². The molecule has 0 aliphatic heterocycles. The van der Waals surface area contributed by atoms with E-state index in [0.29, 0.717) is 30.3 Å². The van der Waals surface area contributed by atoms with Crippen LogP contribution in [-0.2, 0) is 11.3 Å². The molecule has 1 aliphatic carbocycles. The van der Waals surface area contributed by atoms with Crippen molar-refractivity contribution in [2.75, 3.05) is 6.54 Å². The Morgan fingerprint density at radius 2 is 1.83 bits per heavy atom. The van der Waals surface area contributed by atoms with Gasteiger partial charge in [-0.2, -0.15) is 5.26 Å². The molecule has 0 radical (unpaired) electrons. The third-order valence-electron chi connectivity index (χ3n) is 4.77. The van der Waals surface area contributed by atoms with Gasteiger partial charge >= 0.3 is 0 Å². The van der Waals surface area contributed by atoms with Crippen molar-refractivity contribution in [2.24, 2.45) is 0 Å². The molecule has 0 spiro atoms. The zero-order valence-corrected chi connectivity index (χ0v) is 16.6. The Kier molecular flexibility index (Phi) is 6.80. The summed E-state index contributed by atoms with van der Waals surface area (Å²) in [5, 5.41) is 11.9. The Hall–Kier alpha value is -3.39. The summed E-state index contributed by atoms with van der Waals surface area (Å²) in [4.78, 5) is 26.5. The van der Waals surface area contributed by atoms with Crippen LogP contribution in [0.2, 0.25) is 0 Å². The van der Waals surface area contributed by atoms with Crippen molar-refractivity contribution < 1.29 is 9.59 Å². The fourth-order valence-electron chi connectivity index (χ4n) is 2.96. The molecule has 1 N–H and O–H groups in total. The number of hydrogen-bond acceptors (Lipinski definition) is 3. The second-order valence-electron chi connectivity index (χ2n) is 7.27. The number of nitrogens with zero attached hydrogens (tertiary/aromatic N) is 2. The molecule has 0 aromatic heterocycles. The SMILES string of the molecule is CCCN(Cc1ccc(C#N)cc1)C(=O)/C=C/c1ccc(C(=O)NC2CC2)cc1. The van der Waals surface area contributed by atoms with Crippen LogP contribution in [0, 0.1) is 11.3 Å². The maximum Gasteiger partial charge on any atom is 0.251 e. The molecule has 5 heteroatoms. The Labute approximate surface area is 171 Å². The van der Waals surface area contributed by atoms with E-state index in [1.807, 2.05) is 31.2 Å². The van der Waals surface area contributed by atoms with Crippen LogP contribution in [0.15, 0.2) is 54.6 Å². The van der Waals surface area contributed by atoms with Crippen LogP contribution in [0.5, 0.6) is 0 Å². The minimum atomic E-state index is -0.0632. The summed E-state index contributed by atoms with van der Waals surface area (Å²) in [5.41, 5.74) is 3.10. The second-order valence-corrected chi connectivity index (χ2v) is 7.27. The van der Waals surface area contributed by atoms with Gasteiger partial charge in [-0.15, -0.1) is 0 Å². The number of nitriles is 1. The lowest BCUT2D eigenvalue weighted by molar-refractivity contribution is -0.126. The quantitative estimate of drug-likeness (QED) is 0.698. The fraction of sp³-hybridized carbons (Fsp3) is 0.292. The van der Waals surface area contributed by atoms with Gasteiger partial charge in [0.15, 0.2) is 0 Å². The highest BCUT2D eigenvalue weighted by atomic mass is 16.2. The van der Waals surface area contributed by atoms with E-state index >= 15 is 0 Å². The van der Waals surface area contributed by atoms with E-state index in [1.54, 1.807) is 41.3 Å². The molecule has 148 valence electrons. The monoisotopic (exact) mass is 387 g/mol. The largest absolute Gasteiger partial charge is 0.349 e. The number of rotatable bonds is 8. The molecule has 0 bridgehead atoms. The normalized spacial score (nSPS) is 13.1. The van der Waals surface area contributed by atoms with Crippen molar-refractivity contribution in [1.82, 2.24) is 10.2 Å². The van der Waals surface area contributed by atoms with Gasteiger partial charge in [0.2, 0.25) is 5.91 Å². The van der Waals surface area contributed by atoms with Crippen molar-refractivity contribution in [3.8, 4) is 6.07 Å². The lowest BCUT2D eigenvalue weighted by Crippen LogP contribution is -2.29. The zero-order chi connectivity index (χ0) is 20.6. The highest BCUT2D eigenvalue weighted by molar-refractivity contribution is 5.95. The predicted molar refractivity (Wildman–Crippen MR) is 113 cm³/mol. The number of nitrogens with one attached hydrogen (secondary N) is 1. The van der Waals surface area contributed by atoms with Gasteiger partial charge < -0.3 is 10.2 Å². The van der Waals surface area contributed by atoms with Gasteiger partial charge in [0.25, 0.3) is 5.91 Å². The number of carbonyl (C=O) groups excluding carboxylic acids is 2. The molecule has 0 atom stereocenters. The molecule has 2 amide bonds. The first-order valence-corrected chi connectivity index (χ1v) is 9.96. The maximum atomic E-state index is 12.7. The van der Waals surface area contributed by atoms with Crippen LogP contribution in [0.1, 0.15) is 53.2 Å².